The van der Waals surface area contributed by atoms with Crippen LogP contribution < -0.4 is 10.1 Å². The summed E-state index contributed by atoms with van der Waals surface area (Å²) >= 11 is 0. The fourth-order valence-corrected chi connectivity index (χ4v) is 3.70. The highest BCUT2D eigenvalue weighted by Gasteiger charge is 2.16. The lowest BCUT2D eigenvalue weighted by Crippen LogP contribution is -2.36. The molecule has 28 heavy (non-hydrogen) atoms. The molecule has 2 aromatic carbocycles. The van der Waals surface area contributed by atoms with Crippen LogP contribution in [0.1, 0.15) is 25.7 Å². The Kier molecular flexibility index (Phi) is 7.26. The molecule has 1 saturated carbocycles. The summed E-state index contributed by atoms with van der Waals surface area (Å²) in [5, 5.41) is 14.7. The molecule has 0 aliphatic heterocycles. The SMILES string of the molecule is Cl.O[C@@H](CNC1CCCC1)COc1cc(-c2ccccc2)nc2ccccc12. The molecule has 1 heterocycles. The normalized spacial score (nSPS) is 15.3. The van der Waals surface area contributed by atoms with E-state index < -0.39 is 6.10 Å². The van der Waals surface area contributed by atoms with Gasteiger partial charge in [0.2, 0.25) is 0 Å². The Morgan fingerprint density at radius 3 is 2.54 bits per heavy atom. The number of pyridine rings is 1. The Balaban J connectivity index is 0.00000225. The molecule has 0 unspecified atom stereocenters. The molecule has 0 bridgehead atoms. The molecule has 5 heteroatoms. The fraction of sp³-hybridized carbons (Fsp3) is 0.348. The maximum Gasteiger partial charge on any atom is 0.131 e. The van der Waals surface area contributed by atoms with Gasteiger partial charge in [-0.15, -0.1) is 12.4 Å². The Hall–Kier alpha value is -2.14. The van der Waals surface area contributed by atoms with E-state index >= 15 is 0 Å². The number of aliphatic hydroxyl groups is 1. The summed E-state index contributed by atoms with van der Waals surface area (Å²) in [7, 11) is 0. The van der Waals surface area contributed by atoms with Gasteiger partial charge in [-0.3, -0.25) is 0 Å². The van der Waals surface area contributed by atoms with Gasteiger partial charge in [-0.2, -0.15) is 0 Å². The van der Waals surface area contributed by atoms with E-state index in [1.165, 1.54) is 25.7 Å². The van der Waals surface area contributed by atoms with E-state index in [9.17, 15) is 5.11 Å². The van der Waals surface area contributed by atoms with Crippen LogP contribution in [-0.4, -0.2) is 35.4 Å². The second-order valence-corrected chi connectivity index (χ2v) is 7.24. The number of benzene rings is 2. The predicted octanol–water partition coefficient (Wildman–Crippen LogP) is 4.60. The first-order valence-corrected chi connectivity index (χ1v) is 9.79. The molecular weight excluding hydrogens is 372 g/mol. The first-order chi connectivity index (χ1) is 13.3. The van der Waals surface area contributed by atoms with Gasteiger partial charge in [-0.25, -0.2) is 4.98 Å². The summed E-state index contributed by atoms with van der Waals surface area (Å²) in [4.78, 5) is 4.77. The van der Waals surface area contributed by atoms with Crippen molar-refractivity contribution in [1.82, 2.24) is 10.3 Å². The molecule has 2 N–H and O–H groups in total. The van der Waals surface area contributed by atoms with Crippen LogP contribution in [0, 0.1) is 0 Å². The number of halogens is 1. The van der Waals surface area contributed by atoms with E-state index in [4.69, 9.17) is 9.72 Å². The maximum absolute atomic E-state index is 10.3. The summed E-state index contributed by atoms with van der Waals surface area (Å²) in [6.45, 7) is 0.835. The lowest BCUT2D eigenvalue weighted by atomic mass is 10.1. The molecule has 1 aromatic heterocycles. The summed E-state index contributed by atoms with van der Waals surface area (Å²) in [5.41, 5.74) is 2.83. The van der Waals surface area contributed by atoms with E-state index in [1.807, 2.05) is 60.7 Å². The molecule has 0 radical (unpaired) electrons. The Labute approximate surface area is 172 Å². The predicted molar refractivity (Wildman–Crippen MR) is 116 cm³/mol. The highest BCUT2D eigenvalue weighted by Crippen LogP contribution is 2.30. The molecule has 4 nitrogen and oxygen atoms in total. The molecule has 0 amide bonds. The van der Waals surface area contributed by atoms with Crippen LogP contribution in [0.15, 0.2) is 60.7 Å². The quantitative estimate of drug-likeness (QED) is 0.610. The minimum absolute atomic E-state index is 0. The van der Waals surface area contributed by atoms with Crippen molar-refractivity contribution < 1.29 is 9.84 Å². The largest absolute Gasteiger partial charge is 0.490 e. The van der Waals surface area contributed by atoms with E-state index in [2.05, 4.69) is 5.32 Å². The first-order valence-electron chi connectivity index (χ1n) is 9.79. The number of nitrogens with zero attached hydrogens (tertiary/aromatic N) is 1. The maximum atomic E-state index is 10.3. The molecule has 1 atom stereocenters. The van der Waals surface area contributed by atoms with E-state index in [1.54, 1.807) is 0 Å². The van der Waals surface area contributed by atoms with Crippen molar-refractivity contribution in [2.45, 2.75) is 37.8 Å². The Morgan fingerprint density at radius 2 is 1.75 bits per heavy atom. The second-order valence-electron chi connectivity index (χ2n) is 7.24. The molecule has 1 aliphatic carbocycles. The van der Waals surface area contributed by atoms with Gasteiger partial charge in [0.25, 0.3) is 0 Å². The monoisotopic (exact) mass is 398 g/mol. The van der Waals surface area contributed by atoms with Gasteiger partial charge < -0.3 is 15.2 Å². The number of fused-ring (bicyclic) bond motifs is 1. The zero-order chi connectivity index (χ0) is 18.5. The van der Waals surface area contributed by atoms with Crippen molar-refractivity contribution in [3.05, 3.63) is 60.7 Å². The summed E-state index contributed by atoms with van der Waals surface area (Å²) in [6.07, 6.45) is 4.47. The fourth-order valence-electron chi connectivity index (χ4n) is 3.70. The van der Waals surface area contributed by atoms with Crippen molar-refractivity contribution in [2.24, 2.45) is 0 Å². The van der Waals surface area contributed by atoms with Crippen molar-refractivity contribution in [2.75, 3.05) is 13.2 Å². The zero-order valence-corrected chi connectivity index (χ0v) is 16.7. The van der Waals surface area contributed by atoms with E-state index in [0.29, 0.717) is 12.6 Å². The van der Waals surface area contributed by atoms with Crippen LogP contribution >= 0.6 is 12.4 Å². The van der Waals surface area contributed by atoms with Crippen LogP contribution in [-0.2, 0) is 0 Å². The highest BCUT2D eigenvalue weighted by molar-refractivity contribution is 5.87. The van der Waals surface area contributed by atoms with Gasteiger partial charge >= 0.3 is 0 Å². The number of hydrogen-bond donors (Lipinski definition) is 2. The van der Waals surface area contributed by atoms with Crippen molar-refractivity contribution in [3.8, 4) is 17.0 Å². The average molecular weight is 399 g/mol. The smallest absolute Gasteiger partial charge is 0.131 e. The lowest BCUT2D eigenvalue weighted by Gasteiger charge is -2.18. The van der Waals surface area contributed by atoms with Crippen LogP contribution in [0.3, 0.4) is 0 Å². The number of nitrogens with one attached hydrogen (secondary N) is 1. The summed E-state index contributed by atoms with van der Waals surface area (Å²) in [6, 6.07) is 20.6. The first kappa shape index (κ1) is 20.6. The van der Waals surface area contributed by atoms with E-state index in [0.717, 1.165) is 27.9 Å². The minimum Gasteiger partial charge on any atom is -0.490 e. The zero-order valence-electron chi connectivity index (χ0n) is 15.9. The van der Waals surface area contributed by atoms with Crippen LogP contribution in [0.2, 0.25) is 0 Å². The third-order valence-corrected chi connectivity index (χ3v) is 5.18. The number of hydrogen-bond acceptors (Lipinski definition) is 4. The third kappa shape index (κ3) is 5.02. The number of aliphatic hydroxyl groups excluding tert-OH is 1. The van der Waals surface area contributed by atoms with Crippen LogP contribution in [0.5, 0.6) is 5.75 Å². The van der Waals surface area contributed by atoms with Gasteiger partial charge in [0.05, 0.1) is 11.2 Å². The topological polar surface area (TPSA) is 54.4 Å². The number of rotatable bonds is 7. The van der Waals surface area contributed by atoms with Crippen molar-refractivity contribution in [3.63, 3.8) is 0 Å². The molecule has 1 aliphatic rings. The molecule has 0 spiro atoms. The third-order valence-electron chi connectivity index (χ3n) is 5.18. The molecule has 4 rings (SSSR count). The van der Waals surface area contributed by atoms with E-state index in [-0.39, 0.29) is 19.0 Å². The average Bonchev–Trinajstić information content (AvgIpc) is 3.24. The highest BCUT2D eigenvalue weighted by atomic mass is 35.5. The summed E-state index contributed by atoms with van der Waals surface area (Å²) in [5.74, 6) is 0.763. The number of para-hydroxylation sites is 1. The van der Waals surface area contributed by atoms with Crippen LogP contribution in [0.25, 0.3) is 22.2 Å². The van der Waals surface area contributed by atoms with Crippen molar-refractivity contribution in [1.29, 1.82) is 0 Å². The Morgan fingerprint density at radius 1 is 1.04 bits per heavy atom. The standard InChI is InChI=1S/C23H26N2O2.ClH/c26-19(15-24-18-10-4-5-11-18)16-27-23-14-22(17-8-2-1-3-9-17)25-21-13-7-6-12-20(21)23;/h1-3,6-9,12-14,18-19,24,26H,4-5,10-11,15-16H2;1H/t19-;/m0./s1. The lowest BCUT2D eigenvalue weighted by molar-refractivity contribution is 0.104. The van der Waals surface area contributed by atoms with Crippen molar-refractivity contribution >= 4 is 23.3 Å². The van der Waals surface area contributed by atoms with Crippen LogP contribution in [0.4, 0.5) is 0 Å². The minimum atomic E-state index is -0.530. The van der Waals surface area contributed by atoms with Gasteiger partial charge in [0.1, 0.15) is 18.5 Å². The van der Waals surface area contributed by atoms with Gasteiger partial charge in [-0.1, -0.05) is 55.3 Å². The molecule has 3 aromatic rings. The number of ether oxygens (including phenoxy) is 1. The van der Waals surface area contributed by atoms with Gasteiger partial charge in [0, 0.05) is 29.6 Å². The van der Waals surface area contributed by atoms with Gasteiger partial charge in [0.15, 0.2) is 0 Å². The number of aromatic nitrogens is 1. The molecule has 0 saturated heterocycles. The molecule has 1 fully saturated rings. The second kappa shape index (κ2) is 9.87. The Bertz CT molecular complexity index is 882. The molecule has 148 valence electrons. The molecular formula is C23H27ClN2O2. The summed E-state index contributed by atoms with van der Waals surface area (Å²) < 4.78 is 6.03. The van der Waals surface area contributed by atoms with Gasteiger partial charge in [-0.05, 0) is 25.0 Å².